The van der Waals surface area contributed by atoms with E-state index in [1.807, 2.05) is 30.3 Å². The highest BCUT2D eigenvalue weighted by molar-refractivity contribution is 7.88. The van der Waals surface area contributed by atoms with Gasteiger partial charge in [-0.15, -0.1) is 0 Å². The molecule has 2 aromatic rings. The van der Waals surface area contributed by atoms with Crippen molar-refractivity contribution in [3.63, 3.8) is 0 Å². The molecule has 1 aromatic carbocycles. The lowest BCUT2D eigenvalue weighted by atomic mass is 10.2. The van der Waals surface area contributed by atoms with Crippen molar-refractivity contribution >= 4 is 10.0 Å². The van der Waals surface area contributed by atoms with Crippen LogP contribution in [0.15, 0.2) is 54.7 Å². The number of rotatable bonds is 3. The molecule has 0 radical (unpaired) electrons. The maximum Gasteiger partial charge on any atom is 0.239 e. The fourth-order valence-corrected chi connectivity index (χ4v) is 2.14. The van der Waals surface area contributed by atoms with Crippen LogP contribution in [-0.4, -0.2) is 24.0 Å². The Bertz CT molecular complexity index is 717. The molecule has 0 aliphatic carbocycles. The standard InChI is InChI=1S/C15H14N2O2S/c1-20(18,19)17(13-14-7-3-2-4-8-14)12-10-15-9-5-6-11-16-15/h2-9,11H,13H2,1H3. The van der Waals surface area contributed by atoms with Crippen LogP contribution in [0.1, 0.15) is 11.3 Å². The summed E-state index contributed by atoms with van der Waals surface area (Å²) in [5.74, 6) is 2.76. The predicted octanol–water partition coefficient (Wildman–Crippen LogP) is 1.85. The Morgan fingerprint density at radius 2 is 1.80 bits per heavy atom. The minimum Gasteiger partial charge on any atom is -0.248 e. The van der Waals surface area contributed by atoms with E-state index in [1.165, 1.54) is 0 Å². The highest BCUT2D eigenvalue weighted by atomic mass is 32.2. The van der Waals surface area contributed by atoms with E-state index in [1.54, 1.807) is 24.4 Å². The van der Waals surface area contributed by atoms with Crippen molar-refractivity contribution < 1.29 is 8.42 Å². The van der Waals surface area contributed by atoms with Gasteiger partial charge >= 0.3 is 0 Å². The second-order valence-electron chi connectivity index (χ2n) is 4.21. The fraction of sp³-hybridized carbons (Fsp3) is 0.133. The van der Waals surface area contributed by atoms with Crippen molar-refractivity contribution in [1.29, 1.82) is 0 Å². The van der Waals surface area contributed by atoms with Crippen LogP contribution in [0.5, 0.6) is 0 Å². The van der Waals surface area contributed by atoms with Crippen molar-refractivity contribution in [3.05, 3.63) is 66.0 Å². The van der Waals surface area contributed by atoms with E-state index in [-0.39, 0.29) is 6.54 Å². The summed E-state index contributed by atoms with van der Waals surface area (Å²) in [5.41, 5.74) is 1.42. The molecule has 20 heavy (non-hydrogen) atoms. The Morgan fingerprint density at radius 3 is 2.40 bits per heavy atom. The zero-order valence-corrected chi connectivity index (χ0v) is 11.8. The maximum atomic E-state index is 11.8. The summed E-state index contributed by atoms with van der Waals surface area (Å²) in [6.45, 7) is 0.222. The van der Waals surface area contributed by atoms with Gasteiger partial charge in [0.2, 0.25) is 10.0 Å². The second-order valence-corrected chi connectivity index (χ2v) is 6.11. The number of aromatic nitrogens is 1. The van der Waals surface area contributed by atoms with Crippen LogP contribution in [0.3, 0.4) is 0 Å². The van der Waals surface area contributed by atoms with E-state index in [0.717, 1.165) is 16.1 Å². The number of nitrogens with zero attached hydrogens (tertiary/aromatic N) is 2. The summed E-state index contributed by atoms with van der Waals surface area (Å²) in [6, 6.07) is 17.3. The molecule has 0 aliphatic rings. The van der Waals surface area contributed by atoms with Crippen LogP contribution in [-0.2, 0) is 16.6 Å². The fourth-order valence-electron chi connectivity index (χ4n) is 1.55. The smallest absolute Gasteiger partial charge is 0.239 e. The highest BCUT2D eigenvalue weighted by Crippen LogP contribution is 2.07. The van der Waals surface area contributed by atoms with Crippen LogP contribution in [0.2, 0.25) is 0 Å². The van der Waals surface area contributed by atoms with Crippen molar-refractivity contribution in [2.24, 2.45) is 0 Å². The molecule has 0 fully saturated rings. The molecular formula is C15H14N2O2S. The normalized spacial score (nSPS) is 10.4. The monoisotopic (exact) mass is 286 g/mol. The second kappa shape index (κ2) is 6.22. The minimum absolute atomic E-state index is 0.222. The van der Waals surface area contributed by atoms with E-state index < -0.39 is 10.0 Å². The van der Waals surface area contributed by atoms with Gasteiger partial charge in [-0.05, 0) is 23.6 Å². The number of hydrogen-bond donors (Lipinski definition) is 0. The number of hydrogen-bond acceptors (Lipinski definition) is 3. The lowest BCUT2D eigenvalue weighted by molar-refractivity contribution is 0.515. The van der Waals surface area contributed by atoms with Crippen LogP contribution < -0.4 is 0 Å². The van der Waals surface area contributed by atoms with Crippen molar-refractivity contribution in [2.75, 3.05) is 6.26 Å². The zero-order valence-electron chi connectivity index (χ0n) is 11.0. The van der Waals surface area contributed by atoms with Gasteiger partial charge in [0.1, 0.15) is 5.69 Å². The van der Waals surface area contributed by atoms with Gasteiger partial charge in [0, 0.05) is 12.2 Å². The third-order valence-electron chi connectivity index (χ3n) is 2.54. The Hall–Kier alpha value is -2.32. The first-order valence-corrected chi connectivity index (χ1v) is 7.85. The van der Waals surface area contributed by atoms with Crippen LogP contribution >= 0.6 is 0 Å². The lowest BCUT2D eigenvalue weighted by Crippen LogP contribution is -2.24. The molecule has 0 unspecified atom stereocenters. The first-order chi connectivity index (χ1) is 9.55. The van der Waals surface area contributed by atoms with E-state index >= 15 is 0 Å². The van der Waals surface area contributed by atoms with E-state index in [4.69, 9.17) is 0 Å². The average Bonchev–Trinajstić information content (AvgIpc) is 2.44. The molecular weight excluding hydrogens is 272 g/mol. The first kappa shape index (κ1) is 14.1. The summed E-state index contributed by atoms with van der Waals surface area (Å²) < 4.78 is 24.6. The molecule has 1 aromatic heterocycles. The highest BCUT2D eigenvalue weighted by Gasteiger charge is 2.12. The SMILES string of the molecule is CS(=O)(=O)N(C#Cc1ccccn1)Cc1ccccc1. The quantitative estimate of drug-likeness (QED) is 0.639. The molecule has 0 bridgehead atoms. The molecule has 4 nitrogen and oxygen atoms in total. The third-order valence-corrected chi connectivity index (χ3v) is 3.56. The van der Waals surface area contributed by atoms with Crippen molar-refractivity contribution in [1.82, 2.24) is 9.29 Å². The molecule has 5 heteroatoms. The van der Waals surface area contributed by atoms with E-state index in [9.17, 15) is 8.42 Å². The molecule has 2 rings (SSSR count). The number of pyridine rings is 1. The molecule has 1 heterocycles. The molecule has 102 valence electrons. The zero-order chi connectivity index (χ0) is 14.4. The van der Waals surface area contributed by atoms with Gasteiger partial charge in [-0.1, -0.05) is 36.4 Å². The van der Waals surface area contributed by atoms with Gasteiger partial charge in [-0.25, -0.2) is 17.7 Å². The third kappa shape index (κ3) is 4.11. The van der Waals surface area contributed by atoms with E-state index in [0.29, 0.717) is 5.69 Å². The lowest BCUT2D eigenvalue weighted by Gasteiger charge is -2.14. The molecule has 0 amide bonds. The molecule has 0 atom stereocenters. The van der Waals surface area contributed by atoms with Gasteiger partial charge in [0.15, 0.2) is 0 Å². The van der Waals surface area contributed by atoms with Gasteiger partial charge < -0.3 is 0 Å². The molecule has 0 N–H and O–H groups in total. The molecule has 0 spiro atoms. The van der Waals surface area contributed by atoms with Crippen LogP contribution in [0, 0.1) is 12.0 Å². The minimum atomic E-state index is -3.40. The van der Waals surface area contributed by atoms with Gasteiger partial charge in [-0.3, -0.25) is 0 Å². The molecule has 0 saturated carbocycles. The Balaban J connectivity index is 2.24. The van der Waals surface area contributed by atoms with Gasteiger partial charge in [-0.2, -0.15) is 0 Å². The summed E-state index contributed by atoms with van der Waals surface area (Å²) in [5, 5.41) is 0. The Morgan fingerprint density at radius 1 is 1.10 bits per heavy atom. The van der Waals surface area contributed by atoms with Crippen LogP contribution in [0.4, 0.5) is 0 Å². The van der Waals surface area contributed by atoms with Gasteiger partial charge in [0.25, 0.3) is 0 Å². The maximum absolute atomic E-state index is 11.8. The number of sulfonamides is 1. The summed E-state index contributed by atoms with van der Waals surface area (Å²) in [7, 11) is -3.40. The topological polar surface area (TPSA) is 50.3 Å². The summed E-state index contributed by atoms with van der Waals surface area (Å²) >= 11 is 0. The Kier molecular flexibility index (Phi) is 4.38. The predicted molar refractivity (Wildman–Crippen MR) is 77.9 cm³/mol. The average molecular weight is 286 g/mol. The largest absolute Gasteiger partial charge is 0.248 e. The molecule has 0 saturated heterocycles. The summed E-state index contributed by atoms with van der Waals surface area (Å²) in [6.07, 6.45) is 2.76. The van der Waals surface area contributed by atoms with E-state index in [2.05, 4.69) is 16.9 Å². The Labute approximate surface area is 119 Å². The van der Waals surface area contributed by atoms with Crippen molar-refractivity contribution in [3.8, 4) is 12.0 Å². The van der Waals surface area contributed by atoms with Crippen LogP contribution in [0.25, 0.3) is 0 Å². The first-order valence-electron chi connectivity index (χ1n) is 6.00. The number of benzene rings is 1. The summed E-state index contributed by atoms with van der Waals surface area (Å²) in [4.78, 5) is 4.04. The van der Waals surface area contributed by atoms with Gasteiger partial charge in [0.05, 0.1) is 12.8 Å². The molecule has 0 aliphatic heterocycles. The van der Waals surface area contributed by atoms with Crippen molar-refractivity contribution in [2.45, 2.75) is 6.54 Å².